The number of carboxylic acids is 1. The Hall–Kier alpha value is -2.58. The largest absolute Gasteiger partial charge is 0.478 e. The maximum Gasteiger partial charge on any atom is 0.420 e. The van der Waals surface area contributed by atoms with Crippen LogP contribution >= 0.6 is 0 Å². The summed E-state index contributed by atoms with van der Waals surface area (Å²) in [6.07, 6.45) is 0.138. The van der Waals surface area contributed by atoms with Gasteiger partial charge in [0.25, 0.3) is 0 Å². The van der Waals surface area contributed by atoms with Crippen molar-refractivity contribution in [3.63, 3.8) is 0 Å². The summed E-state index contributed by atoms with van der Waals surface area (Å²) in [5.41, 5.74) is -2.74. The lowest BCUT2D eigenvalue weighted by atomic mass is 10.1. The molecule has 0 radical (unpaired) electrons. The summed E-state index contributed by atoms with van der Waals surface area (Å²) in [4.78, 5) is 49.8. The molecule has 0 rings (SSSR count). The topological polar surface area (TPSA) is 119 Å². The zero-order chi connectivity index (χ0) is 23.9. The number of nitrogens with zero attached hydrogens (tertiary/aromatic N) is 1. The Bertz CT molecular complexity index is 634. The van der Waals surface area contributed by atoms with E-state index in [0.717, 1.165) is 6.08 Å². The molecule has 0 fully saturated rings. The number of esters is 1. The van der Waals surface area contributed by atoms with E-state index < -0.39 is 47.0 Å². The molecule has 1 N–H and O–H groups in total. The second-order valence-electron chi connectivity index (χ2n) is 9.70. The van der Waals surface area contributed by atoms with E-state index in [-0.39, 0.29) is 12.8 Å². The van der Waals surface area contributed by atoms with Gasteiger partial charge in [-0.05, 0) is 75.2 Å². The van der Waals surface area contributed by atoms with Crippen LogP contribution in [0, 0.1) is 0 Å². The van der Waals surface area contributed by atoms with E-state index in [2.05, 4.69) is 0 Å². The summed E-state index contributed by atoms with van der Waals surface area (Å²) in [5.74, 6) is -1.98. The minimum absolute atomic E-state index is 0.0722. The number of carboxylic acid groups (broad SMARTS) is 1. The SMILES string of the molecule is CC(C)(C)OC(=O)[C@H](CC/C=C/C(=O)O)N(C(=O)OC(C)(C)C)C(=O)OC(C)(C)C. The zero-order valence-corrected chi connectivity index (χ0v) is 19.4. The van der Waals surface area contributed by atoms with Gasteiger partial charge in [0.2, 0.25) is 0 Å². The molecule has 2 amide bonds. The van der Waals surface area contributed by atoms with Crippen molar-refractivity contribution in [2.24, 2.45) is 0 Å². The minimum atomic E-state index is -1.37. The van der Waals surface area contributed by atoms with Crippen LogP contribution in [0.5, 0.6) is 0 Å². The van der Waals surface area contributed by atoms with Crippen LogP contribution < -0.4 is 0 Å². The third-order valence-electron chi connectivity index (χ3n) is 3.04. The van der Waals surface area contributed by atoms with E-state index in [9.17, 15) is 19.2 Å². The summed E-state index contributed by atoms with van der Waals surface area (Å²) in [7, 11) is 0. The number of aliphatic carboxylic acids is 1. The number of imide groups is 1. The number of amides is 2. The van der Waals surface area contributed by atoms with Gasteiger partial charge in [-0.2, -0.15) is 4.90 Å². The van der Waals surface area contributed by atoms with Gasteiger partial charge in [0, 0.05) is 6.08 Å². The smallest absolute Gasteiger partial charge is 0.420 e. The third kappa shape index (κ3) is 12.1. The number of hydrogen-bond acceptors (Lipinski definition) is 7. The van der Waals surface area contributed by atoms with Crippen LogP contribution in [0.25, 0.3) is 0 Å². The molecule has 0 aliphatic carbocycles. The molecule has 30 heavy (non-hydrogen) atoms. The molecule has 0 unspecified atom stereocenters. The molecule has 1 atom stereocenters. The highest BCUT2D eigenvalue weighted by atomic mass is 16.6. The van der Waals surface area contributed by atoms with Crippen molar-refractivity contribution < 1.29 is 38.5 Å². The number of rotatable bonds is 6. The summed E-state index contributed by atoms with van der Waals surface area (Å²) in [6.45, 7) is 14.7. The highest BCUT2D eigenvalue weighted by molar-refractivity contribution is 5.94. The fourth-order valence-corrected chi connectivity index (χ4v) is 2.11. The molecule has 0 saturated heterocycles. The van der Waals surface area contributed by atoms with Crippen LogP contribution in [-0.2, 0) is 23.8 Å². The summed E-state index contributed by atoms with van der Waals surface area (Å²) in [6, 6.07) is -1.37. The molecular weight excluding hydrogens is 394 g/mol. The van der Waals surface area contributed by atoms with Crippen LogP contribution in [0.4, 0.5) is 9.59 Å². The minimum Gasteiger partial charge on any atom is -0.478 e. The first-order valence-corrected chi connectivity index (χ1v) is 9.70. The van der Waals surface area contributed by atoms with Crippen LogP contribution in [0.15, 0.2) is 12.2 Å². The lowest BCUT2D eigenvalue weighted by Gasteiger charge is -2.33. The van der Waals surface area contributed by atoms with Crippen molar-refractivity contribution >= 4 is 24.1 Å². The van der Waals surface area contributed by atoms with Crippen LogP contribution in [-0.4, -0.2) is 57.0 Å². The lowest BCUT2D eigenvalue weighted by molar-refractivity contribution is -0.161. The molecule has 0 aromatic rings. The fraction of sp³-hybridized carbons (Fsp3) is 0.714. The second-order valence-corrected chi connectivity index (χ2v) is 9.70. The van der Waals surface area contributed by atoms with Gasteiger partial charge in [-0.25, -0.2) is 19.2 Å². The van der Waals surface area contributed by atoms with Gasteiger partial charge >= 0.3 is 24.1 Å². The first-order valence-electron chi connectivity index (χ1n) is 9.70. The van der Waals surface area contributed by atoms with Crippen molar-refractivity contribution in [2.45, 2.75) is 98.0 Å². The number of carbonyl (C=O) groups excluding carboxylic acids is 3. The van der Waals surface area contributed by atoms with E-state index in [0.29, 0.717) is 4.90 Å². The van der Waals surface area contributed by atoms with Gasteiger partial charge in [0.1, 0.15) is 22.8 Å². The van der Waals surface area contributed by atoms with Gasteiger partial charge in [0.05, 0.1) is 0 Å². The lowest BCUT2D eigenvalue weighted by Crippen LogP contribution is -2.53. The fourth-order valence-electron chi connectivity index (χ4n) is 2.11. The van der Waals surface area contributed by atoms with Crippen molar-refractivity contribution in [3.05, 3.63) is 12.2 Å². The van der Waals surface area contributed by atoms with E-state index >= 15 is 0 Å². The van der Waals surface area contributed by atoms with Crippen molar-refractivity contribution in [1.29, 1.82) is 0 Å². The molecule has 0 heterocycles. The highest BCUT2D eigenvalue weighted by Gasteiger charge is 2.41. The molecule has 0 aliphatic rings. The molecule has 0 aromatic carbocycles. The van der Waals surface area contributed by atoms with Crippen molar-refractivity contribution in [3.8, 4) is 0 Å². The van der Waals surface area contributed by atoms with Gasteiger partial charge in [-0.3, -0.25) is 0 Å². The highest BCUT2D eigenvalue weighted by Crippen LogP contribution is 2.22. The molecule has 0 bridgehead atoms. The van der Waals surface area contributed by atoms with E-state index in [1.165, 1.54) is 6.08 Å². The Labute approximate surface area is 178 Å². The normalized spacial score (nSPS) is 13.5. The van der Waals surface area contributed by atoms with Gasteiger partial charge in [-0.15, -0.1) is 0 Å². The molecule has 172 valence electrons. The van der Waals surface area contributed by atoms with E-state index in [1.807, 2.05) is 0 Å². The number of hydrogen-bond donors (Lipinski definition) is 1. The van der Waals surface area contributed by atoms with Crippen LogP contribution in [0.1, 0.15) is 75.2 Å². The Kier molecular flexibility index (Phi) is 9.55. The quantitative estimate of drug-likeness (QED) is 0.377. The first kappa shape index (κ1) is 27.4. The average molecular weight is 430 g/mol. The zero-order valence-electron chi connectivity index (χ0n) is 19.4. The Morgan fingerprint density at radius 1 is 0.800 bits per heavy atom. The molecule has 9 heteroatoms. The molecule has 0 aromatic heterocycles. The number of ether oxygens (including phenoxy) is 3. The van der Waals surface area contributed by atoms with Gasteiger partial charge in [0.15, 0.2) is 0 Å². The summed E-state index contributed by atoms with van der Waals surface area (Å²) >= 11 is 0. The first-order chi connectivity index (χ1) is 13.3. The summed E-state index contributed by atoms with van der Waals surface area (Å²) in [5, 5.41) is 8.74. The van der Waals surface area contributed by atoms with Crippen molar-refractivity contribution in [2.75, 3.05) is 0 Å². The third-order valence-corrected chi connectivity index (χ3v) is 3.04. The van der Waals surface area contributed by atoms with E-state index in [1.54, 1.807) is 62.3 Å². The standard InChI is InChI=1S/C21H35NO8/c1-19(2,3)28-16(25)14(12-10-11-13-15(23)24)22(17(26)29-20(4,5)6)18(27)30-21(7,8)9/h11,13-14H,10,12H2,1-9H3,(H,23,24)/b13-11+/t14-/m0/s1. The van der Waals surface area contributed by atoms with Gasteiger partial charge < -0.3 is 19.3 Å². The Morgan fingerprint density at radius 2 is 1.20 bits per heavy atom. The average Bonchev–Trinajstić information content (AvgIpc) is 2.43. The van der Waals surface area contributed by atoms with Crippen molar-refractivity contribution in [1.82, 2.24) is 4.90 Å². The number of allylic oxidation sites excluding steroid dienone is 1. The maximum atomic E-state index is 12.8. The van der Waals surface area contributed by atoms with Crippen LogP contribution in [0.3, 0.4) is 0 Å². The summed E-state index contributed by atoms with van der Waals surface area (Å²) < 4.78 is 16.0. The molecule has 0 saturated carbocycles. The Morgan fingerprint density at radius 3 is 1.53 bits per heavy atom. The van der Waals surface area contributed by atoms with E-state index in [4.69, 9.17) is 19.3 Å². The monoisotopic (exact) mass is 429 g/mol. The Balaban J connectivity index is 6.05. The molecule has 0 aliphatic heterocycles. The molecular formula is C21H35NO8. The number of carbonyl (C=O) groups is 4. The van der Waals surface area contributed by atoms with Crippen LogP contribution in [0.2, 0.25) is 0 Å². The molecule has 9 nitrogen and oxygen atoms in total. The maximum absolute atomic E-state index is 12.8. The predicted molar refractivity (Wildman–Crippen MR) is 110 cm³/mol. The van der Waals surface area contributed by atoms with Gasteiger partial charge in [-0.1, -0.05) is 6.08 Å². The predicted octanol–water partition coefficient (Wildman–Crippen LogP) is 4.29. The molecule has 0 spiro atoms. The second kappa shape index (κ2) is 10.4.